The summed E-state index contributed by atoms with van der Waals surface area (Å²) in [6, 6.07) is 5.14. The number of phenolic OH excluding ortho intramolecular Hbond substituents is 1. The monoisotopic (exact) mass is 242 g/mol. The topological polar surface area (TPSA) is 35.5 Å². The number of benzene rings is 1. The third-order valence-corrected chi connectivity index (χ3v) is 2.68. The zero-order chi connectivity index (χ0) is 12.0. The molecule has 16 heavy (non-hydrogen) atoms. The number of nitrogens with one attached hydrogen (secondary N) is 1. The maximum Gasteiger partial charge on any atom is 0.120 e. The number of hydrogen-bond donors (Lipinski definition) is 2. The summed E-state index contributed by atoms with van der Waals surface area (Å²) in [6.07, 6.45) is 1.09. The van der Waals surface area contributed by atoms with E-state index in [9.17, 15) is 5.11 Å². The minimum Gasteiger partial charge on any atom is -0.508 e. The Bertz CT molecular complexity index is 331. The summed E-state index contributed by atoms with van der Waals surface area (Å²) in [4.78, 5) is 2.17. The number of hydrogen-bond acceptors (Lipinski definition) is 3. The van der Waals surface area contributed by atoms with E-state index < -0.39 is 0 Å². The lowest BCUT2D eigenvalue weighted by molar-refractivity contribution is 0.315. The Balaban J connectivity index is 2.48. The Morgan fingerprint density at radius 2 is 2.19 bits per heavy atom. The van der Waals surface area contributed by atoms with Crippen LogP contribution in [0.1, 0.15) is 12.0 Å². The molecule has 0 amide bonds. The van der Waals surface area contributed by atoms with E-state index in [1.165, 1.54) is 0 Å². The molecule has 2 N–H and O–H groups in total. The average molecular weight is 243 g/mol. The summed E-state index contributed by atoms with van der Waals surface area (Å²) in [7, 11) is 3.98. The molecule has 3 nitrogen and oxygen atoms in total. The van der Waals surface area contributed by atoms with Gasteiger partial charge in [0.1, 0.15) is 5.75 Å². The molecule has 90 valence electrons. The van der Waals surface area contributed by atoms with Crippen LogP contribution in [0.3, 0.4) is 0 Å². The van der Waals surface area contributed by atoms with Crippen LogP contribution in [-0.2, 0) is 6.54 Å². The first kappa shape index (κ1) is 13.3. The molecule has 1 aromatic rings. The molecule has 0 saturated carbocycles. The van der Waals surface area contributed by atoms with Crippen molar-refractivity contribution < 1.29 is 5.11 Å². The standard InChI is InChI=1S/C12H19ClN2O/c1-14-6-3-7-15(2)9-10-8-11(13)4-5-12(10)16/h4-5,8,14,16H,3,6-7,9H2,1-2H3. The summed E-state index contributed by atoms with van der Waals surface area (Å²) in [5.74, 6) is 0.310. The molecule has 0 bridgehead atoms. The van der Waals surface area contributed by atoms with Gasteiger partial charge in [0.2, 0.25) is 0 Å². The van der Waals surface area contributed by atoms with Crippen molar-refractivity contribution in [1.82, 2.24) is 10.2 Å². The Hall–Kier alpha value is -0.770. The SMILES string of the molecule is CNCCCN(C)Cc1cc(Cl)ccc1O. The average Bonchev–Trinajstić information content (AvgIpc) is 2.24. The molecular formula is C12H19ClN2O. The summed E-state index contributed by atoms with van der Waals surface area (Å²) in [5.41, 5.74) is 0.874. The van der Waals surface area contributed by atoms with Crippen LogP contribution in [0.4, 0.5) is 0 Å². The van der Waals surface area contributed by atoms with Gasteiger partial charge in [-0.1, -0.05) is 11.6 Å². The first-order chi connectivity index (χ1) is 7.63. The van der Waals surface area contributed by atoms with Crippen LogP contribution in [0.2, 0.25) is 5.02 Å². The Morgan fingerprint density at radius 1 is 1.44 bits per heavy atom. The highest BCUT2D eigenvalue weighted by molar-refractivity contribution is 6.30. The molecule has 4 heteroatoms. The van der Waals surface area contributed by atoms with E-state index in [-0.39, 0.29) is 0 Å². The molecule has 0 fully saturated rings. The molecule has 0 aliphatic heterocycles. The predicted molar refractivity (Wildman–Crippen MR) is 68.0 cm³/mol. The van der Waals surface area contributed by atoms with E-state index in [0.29, 0.717) is 10.8 Å². The van der Waals surface area contributed by atoms with Crippen LogP contribution < -0.4 is 5.32 Å². The van der Waals surface area contributed by atoms with Gasteiger partial charge in [-0.2, -0.15) is 0 Å². The smallest absolute Gasteiger partial charge is 0.120 e. The number of halogens is 1. The van der Waals surface area contributed by atoms with E-state index in [0.717, 1.165) is 31.6 Å². The quantitative estimate of drug-likeness (QED) is 0.750. The molecule has 1 aromatic carbocycles. The van der Waals surface area contributed by atoms with Crippen LogP contribution in [0.25, 0.3) is 0 Å². The summed E-state index contributed by atoms with van der Waals surface area (Å²) >= 11 is 5.89. The van der Waals surface area contributed by atoms with E-state index in [1.54, 1.807) is 12.1 Å². The second-order valence-corrected chi connectivity index (χ2v) is 4.40. The second kappa shape index (κ2) is 6.74. The van der Waals surface area contributed by atoms with Gasteiger partial charge in [0.25, 0.3) is 0 Å². The first-order valence-electron chi connectivity index (χ1n) is 5.44. The minimum atomic E-state index is 0.310. The number of aromatic hydroxyl groups is 1. The molecule has 0 saturated heterocycles. The van der Waals surface area contributed by atoms with Gasteiger partial charge in [-0.3, -0.25) is 0 Å². The van der Waals surface area contributed by atoms with Crippen LogP contribution in [0, 0.1) is 0 Å². The Morgan fingerprint density at radius 3 is 2.88 bits per heavy atom. The number of phenols is 1. The third-order valence-electron chi connectivity index (χ3n) is 2.45. The van der Waals surface area contributed by atoms with Crippen molar-refractivity contribution in [2.75, 3.05) is 27.2 Å². The zero-order valence-electron chi connectivity index (χ0n) is 9.83. The molecule has 1 rings (SSSR count). The zero-order valence-corrected chi connectivity index (χ0v) is 10.6. The van der Waals surface area contributed by atoms with E-state index in [1.807, 2.05) is 20.2 Å². The van der Waals surface area contributed by atoms with Crippen LogP contribution >= 0.6 is 11.6 Å². The van der Waals surface area contributed by atoms with Crippen molar-refractivity contribution in [1.29, 1.82) is 0 Å². The first-order valence-corrected chi connectivity index (χ1v) is 5.82. The van der Waals surface area contributed by atoms with Crippen molar-refractivity contribution in [2.45, 2.75) is 13.0 Å². The lowest BCUT2D eigenvalue weighted by atomic mass is 10.2. The molecule has 0 unspecified atom stereocenters. The van der Waals surface area contributed by atoms with Crippen molar-refractivity contribution in [3.63, 3.8) is 0 Å². The van der Waals surface area contributed by atoms with Crippen molar-refractivity contribution in [3.05, 3.63) is 28.8 Å². The number of nitrogens with zero attached hydrogens (tertiary/aromatic N) is 1. The fourth-order valence-electron chi connectivity index (χ4n) is 1.58. The lowest BCUT2D eigenvalue weighted by Gasteiger charge is -2.17. The van der Waals surface area contributed by atoms with Gasteiger partial charge in [0, 0.05) is 17.1 Å². The Labute approximate surface area is 102 Å². The fraction of sp³-hybridized carbons (Fsp3) is 0.500. The molecule has 0 aliphatic carbocycles. The van der Waals surface area contributed by atoms with Crippen LogP contribution in [-0.4, -0.2) is 37.2 Å². The molecule has 0 spiro atoms. The van der Waals surface area contributed by atoms with Gasteiger partial charge in [-0.15, -0.1) is 0 Å². The van der Waals surface area contributed by atoms with Gasteiger partial charge in [-0.25, -0.2) is 0 Å². The second-order valence-electron chi connectivity index (χ2n) is 3.97. The van der Waals surface area contributed by atoms with Gasteiger partial charge < -0.3 is 15.3 Å². The maximum atomic E-state index is 9.66. The highest BCUT2D eigenvalue weighted by atomic mass is 35.5. The maximum absolute atomic E-state index is 9.66. The largest absolute Gasteiger partial charge is 0.508 e. The van der Waals surface area contributed by atoms with Gasteiger partial charge in [0.05, 0.1) is 0 Å². The minimum absolute atomic E-state index is 0.310. The highest BCUT2D eigenvalue weighted by Crippen LogP contribution is 2.22. The number of rotatable bonds is 6. The van der Waals surface area contributed by atoms with E-state index in [2.05, 4.69) is 10.2 Å². The summed E-state index contributed by atoms with van der Waals surface area (Å²) in [6.45, 7) is 2.72. The Kier molecular flexibility index (Phi) is 5.60. The molecule has 0 atom stereocenters. The van der Waals surface area contributed by atoms with Gasteiger partial charge >= 0.3 is 0 Å². The van der Waals surface area contributed by atoms with E-state index >= 15 is 0 Å². The summed E-state index contributed by atoms with van der Waals surface area (Å²) < 4.78 is 0. The van der Waals surface area contributed by atoms with E-state index in [4.69, 9.17) is 11.6 Å². The van der Waals surface area contributed by atoms with Crippen LogP contribution in [0.5, 0.6) is 5.75 Å². The highest BCUT2D eigenvalue weighted by Gasteiger charge is 2.05. The van der Waals surface area contributed by atoms with Crippen LogP contribution in [0.15, 0.2) is 18.2 Å². The lowest BCUT2D eigenvalue weighted by Crippen LogP contribution is -2.22. The van der Waals surface area contributed by atoms with Gasteiger partial charge in [0.15, 0.2) is 0 Å². The van der Waals surface area contributed by atoms with Crippen molar-refractivity contribution >= 4 is 11.6 Å². The molecule has 0 aliphatic rings. The van der Waals surface area contributed by atoms with Crippen molar-refractivity contribution in [3.8, 4) is 5.75 Å². The molecule has 0 radical (unpaired) electrons. The molecule has 0 aromatic heterocycles. The molecule has 0 heterocycles. The predicted octanol–water partition coefficient (Wildman–Crippen LogP) is 2.09. The van der Waals surface area contributed by atoms with Crippen molar-refractivity contribution in [2.24, 2.45) is 0 Å². The molecular weight excluding hydrogens is 224 g/mol. The summed E-state index contributed by atoms with van der Waals surface area (Å²) in [5, 5.41) is 13.4. The fourth-order valence-corrected chi connectivity index (χ4v) is 1.77. The van der Waals surface area contributed by atoms with Gasteiger partial charge in [-0.05, 0) is 51.8 Å². The third kappa shape index (κ3) is 4.39. The normalized spacial score (nSPS) is 11.0.